The fourth-order valence-corrected chi connectivity index (χ4v) is 3.87. The molecule has 0 aromatic carbocycles. The average molecular weight is 331 g/mol. The number of fused-ring (bicyclic) bond motifs is 3. The number of nitrogens with zero attached hydrogens (tertiary/aromatic N) is 5. The van der Waals surface area contributed by atoms with Crippen molar-refractivity contribution in [2.24, 2.45) is 14.1 Å². The van der Waals surface area contributed by atoms with Gasteiger partial charge in [-0.25, -0.2) is 4.79 Å². The summed E-state index contributed by atoms with van der Waals surface area (Å²) in [5.41, 5.74) is 0.356. The van der Waals surface area contributed by atoms with Crippen molar-refractivity contribution in [1.82, 2.24) is 18.7 Å². The highest BCUT2D eigenvalue weighted by Gasteiger charge is 2.25. The summed E-state index contributed by atoms with van der Waals surface area (Å²) in [6.45, 7) is 2.42. The second-order valence-electron chi connectivity index (χ2n) is 5.80. The summed E-state index contributed by atoms with van der Waals surface area (Å²) < 4.78 is 4.55. The predicted octanol–water partition coefficient (Wildman–Crippen LogP) is 0.905. The van der Waals surface area contributed by atoms with Crippen LogP contribution in [0.25, 0.3) is 11.2 Å². The monoisotopic (exact) mass is 331 g/mol. The van der Waals surface area contributed by atoms with Gasteiger partial charge >= 0.3 is 5.69 Å². The fourth-order valence-electron chi connectivity index (χ4n) is 3.15. The fraction of sp³-hybridized carbons (Fsp3) is 0.400. The first-order valence-corrected chi connectivity index (χ1v) is 8.39. The van der Waals surface area contributed by atoms with E-state index in [0.29, 0.717) is 11.2 Å². The third-order valence-electron chi connectivity index (χ3n) is 4.35. The van der Waals surface area contributed by atoms with Crippen LogP contribution >= 0.6 is 11.3 Å². The van der Waals surface area contributed by atoms with Crippen LogP contribution in [0, 0.1) is 0 Å². The molecule has 120 valence electrons. The Labute approximate surface area is 136 Å². The first-order valence-electron chi connectivity index (χ1n) is 7.51. The normalized spacial score (nSPS) is 14.4. The molecule has 0 fully saturated rings. The highest BCUT2D eigenvalue weighted by atomic mass is 32.1. The molecule has 0 aliphatic carbocycles. The summed E-state index contributed by atoms with van der Waals surface area (Å²) in [5.74, 6) is 0.776. The van der Waals surface area contributed by atoms with Gasteiger partial charge < -0.3 is 9.47 Å². The van der Waals surface area contributed by atoms with E-state index in [0.717, 1.165) is 36.6 Å². The van der Waals surface area contributed by atoms with Crippen LogP contribution in [0.5, 0.6) is 0 Å². The third kappa shape index (κ3) is 2.05. The molecule has 0 atom stereocenters. The van der Waals surface area contributed by atoms with Crippen molar-refractivity contribution < 1.29 is 0 Å². The molecule has 23 heavy (non-hydrogen) atoms. The maximum atomic E-state index is 12.5. The molecular weight excluding hydrogens is 314 g/mol. The van der Waals surface area contributed by atoms with Gasteiger partial charge in [0.1, 0.15) is 0 Å². The van der Waals surface area contributed by atoms with Gasteiger partial charge in [0.05, 0.1) is 6.54 Å². The molecule has 0 spiro atoms. The number of rotatable bonds is 2. The number of aryl methyl sites for hydroxylation is 2. The van der Waals surface area contributed by atoms with E-state index in [1.807, 2.05) is 10.6 Å². The zero-order chi connectivity index (χ0) is 16.1. The molecular formula is C15H17N5O2S. The molecule has 0 N–H and O–H groups in total. The molecule has 0 saturated carbocycles. The second kappa shape index (κ2) is 5.09. The summed E-state index contributed by atoms with van der Waals surface area (Å²) in [5, 5.41) is 2.06. The van der Waals surface area contributed by atoms with Crippen molar-refractivity contribution >= 4 is 28.4 Å². The molecule has 7 nitrogen and oxygen atoms in total. The van der Waals surface area contributed by atoms with Crippen molar-refractivity contribution in [3.05, 3.63) is 43.2 Å². The molecule has 0 bridgehead atoms. The van der Waals surface area contributed by atoms with E-state index in [9.17, 15) is 9.59 Å². The first kappa shape index (κ1) is 14.3. The molecule has 4 heterocycles. The Morgan fingerprint density at radius 2 is 2.04 bits per heavy atom. The van der Waals surface area contributed by atoms with Gasteiger partial charge in [-0.1, -0.05) is 6.07 Å². The maximum Gasteiger partial charge on any atom is 0.332 e. The van der Waals surface area contributed by atoms with Crippen LogP contribution in [-0.4, -0.2) is 25.2 Å². The predicted molar refractivity (Wildman–Crippen MR) is 90.2 cm³/mol. The van der Waals surface area contributed by atoms with Crippen LogP contribution < -0.4 is 16.1 Å². The van der Waals surface area contributed by atoms with Gasteiger partial charge in [-0.3, -0.25) is 13.9 Å². The van der Waals surface area contributed by atoms with E-state index < -0.39 is 0 Å². The summed E-state index contributed by atoms with van der Waals surface area (Å²) in [6.07, 6.45) is 0.954. The lowest BCUT2D eigenvalue weighted by Gasteiger charge is -2.28. The Kier molecular flexibility index (Phi) is 3.15. The molecule has 0 saturated heterocycles. The molecule has 0 radical (unpaired) electrons. The Balaban J connectivity index is 1.93. The number of hydrogen-bond acceptors (Lipinski definition) is 5. The van der Waals surface area contributed by atoms with E-state index in [1.165, 1.54) is 16.5 Å². The maximum absolute atomic E-state index is 12.5. The number of thiophene rings is 1. The van der Waals surface area contributed by atoms with Crippen molar-refractivity contribution in [3.8, 4) is 0 Å². The minimum atomic E-state index is -0.345. The topological polar surface area (TPSA) is 65.1 Å². The zero-order valence-electron chi connectivity index (χ0n) is 13.0. The summed E-state index contributed by atoms with van der Waals surface area (Å²) >= 11 is 1.71. The van der Waals surface area contributed by atoms with Crippen LogP contribution in [0.2, 0.25) is 0 Å². The summed E-state index contributed by atoms with van der Waals surface area (Å²) in [6, 6.07) is 4.13. The van der Waals surface area contributed by atoms with Crippen LogP contribution in [0.3, 0.4) is 0 Å². The lowest BCUT2D eigenvalue weighted by Crippen LogP contribution is -2.38. The zero-order valence-corrected chi connectivity index (χ0v) is 13.8. The third-order valence-corrected chi connectivity index (χ3v) is 5.21. The standard InChI is InChI=1S/C15H17N5O2S/c1-17-12-11(13(21)18(2)15(17)22)20-7-4-6-19(14(20)16-12)9-10-5-3-8-23-10/h3,5,8H,4,6-7,9H2,1-2H3. The number of hydrogen-bond donors (Lipinski definition) is 0. The van der Waals surface area contributed by atoms with Gasteiger partial charge in [-0.2, -0.15) is 4.98 Å². The first-order chi connectivity index (χ1) is 11.1. The van der Waals surface area contributed by atoms with Gasteiger partial charge in [-0.05, 0) is 17.9 Å². The van der Waals surface area contributed by atoms with Crippen molar-refractivity contribution in [2.75, 3.05) is 11.4 Å². The largest absolute Gasteiger partial charge is 0.337 e. The Morgan fingerprint density at radius 3 is 2.78 bits per heavy atom. The summed E-state index contributed by atoms with van der Waals surface area (Å²) in [4.78, 5) is 32.7. The Hall–Kier alpha value is -2.35. The van der Waals surface area contributed by atoms with Crippen molar-refractivity contribution in [2.45, 2.75) is 19.5 Å². The average Bonchev–Trinajstić information content (AvgIpc) is 3.18. The van der Waals surface area contributed by atoms with Gasteiger partial charge in [0, 0.05) is 32.1 Å². The van der Waals surface area contributed by atoms with Crippen LogP contribution in [-0.2, 0) is 27.2 Å². The smallest absolute Gasteiger partial charge is 0.332 e. The van der Waals surface area contributed by atoms with Crippen LogP contribution in [0.4, 0.5) is 5.95 Å². The van der Waals surface area contributed by atoms with Crippen LogP contribution in [0.1, 0.15) is 11.3 Å². The highest BCUT2D eigenvalue weighted by Crippen LogP contribution is 2.26. The number of anilines is 1. The molecule has 1 aliphatic heterocycles. The Bertz CT molecular complexity index is 996. The van der Waals surface area contributed by atoms with Gasteiger partial charge in [0.25, 0.3) is 5.56 Å². The SMILES string of the molecule is Cn1c(=O)c2c(nc3n2CCCN3Cc2cccs2)n(C)c1=O. The molecule has 4 rings (SSSR count). The molecule has 3 aromatic heterocycles. The van der Waals surface area contributed by atoms with E-state index >= 15 is 0 Å². The lowest BCUT2D eigenvalue weighted by atomic mass is 10.3. The number of aromatic nitrogens is 4. The molecule has 0 amide bonds. The molecule has 8 heteroatoms. The molecule has 1 aliphatic rings. The van der Waals surface area contributed by atoms with Gasteiger partial charge in [-0.15, -0.1) is 11.3 Å². The lowest BCUT2D eigenvalue weighted by molar-refractivity contribution is 0.564. The number of imidazole rings is 1. The Morgan fingerprint density at radius 1 is 1.22 bits per heavy atom. The molecule has 3 aromatic rings. The van der Waals surface area contributed by atoms with Crippen molar-refractivity contribution in [1.29, 1.82) is 0 Å². The minimum absolute atomic E-state index is 0.278. The van der Waals surface area contributed by atoms with E-state index in [-0.39, 0.29) is 11.2 Å². The quantitative estimate of drug-likeness (QED) is 0.700. The van der Waals surface area contributed by atoms with Gasteiger partial charge in [0.2, 0.25) is 5.95 Å². The van der Waals surface area contributed by atoms with E-state index in [4.69, 9.17) is 0 Å². The second-order valence-corrected chi connectivity index (χ2v) is 6.83. The van der Waals surface area contributed by atoms with E-state index in [2.05, 4.69) is 21.3 Å². The van der Waals surface area contributed by atoms with E-state index in [1.54, 1.807) is 18.4 Å². The summed E-state index contributed by atoms with van der Waals surface area (Å²) in [7, 11) is 3.17. The van der Waals surface area contributed by atoms with Crippen LogP contribution in [0.15, 0.2) is 27.1 Å². The molecule has 0 unspecified atom stereocenters. The highest BCUT2D eigenvalue weighted by molar-refractivity contribution is 7.09. The minimum Gasteiger partial charge on any atom is -0.337 e. The van der Waals surface area contributed by atoms with Crippen molar-refractivity contribution in [3.63, 3.8) is 0 Å². The van der Waals surface area contributed by atoms with Gasteiger partial charge in [0.15, 0.2) is 11.2 Å².